The van der Waals surface area contributed by atoms with Crippen LogP contribution in [0.4, 0.5) is 0 Å². The van der Waals surface area contributed by atoms with Crippen LogP contribution in [0.5, 0.6) is 5.75 Å². The fourth-order valence-electron chi connectivity index (χ4n) is 1.24. The van der Waals surface area contributed by atoms with Crippen LogP contribution in [0.3, 0.4) is 0 Å². The van der Waals surface area contributed by atoms with E-state index in [4.69, 9.17) is 3.79 Å². The first kappa shape index (κ1) is 7.67. The molecule has 56 valence electrons. The first-order valence-electron chi connectivity index (χ1n) is 3.76. The molecule has 0 amide bonds. The van der Waals surface area contributed by atoms with Gasteiger partial charge in [0.1, 0.15) is 0 Å². The molecular weight excluding hydrogens is 163 g/mol. The van der Waals surface area contributed by atoms with Crippen molar-refractivity contribution in [2.24, 2.45) is 0 Å². The maximum absolute atomic E-state index is 5.04. The Bertz CT molecular complexity index is 398. The minimum atomic E-state index is 0.874. The average Bonchev–Trinajstić information content (AvgIpc) is 2.17. The van der Waals surface area contributed by atoms with Crippen molar-refractivity contribution in [1.29, 1.82) is 0 Å². The highest BCUT2D eigenvalue weighted by Gasteiger charge is 1.92. The van der Waals surface area contributed by atoms with Gasteiger partial charge in [-0.25, -0.2) is 0 Å². The second-order valence-corrected chi connectivity index (χ2v) is 2.86. The number of rotatable bonds is 1. The summed E-state index contributed by atoms with van der Waals surface area (Å²) in [6, 6.07) is 14.2. The fraction of sp³-hybridized carbons (Fsp3) is 0. The first-order chi connectivity index (χ1) is 5.90. The van der Waals surface area contributed by atoms with Crippen molar-refractivity contribution in [3.05, 3.63) is 42.5 Å². The number of hydrogen-bond donors (Lipinski definition) is 0. The smallest absolute Gasteiger partial charge is 0.482 e. The predicted molar refractivity (Wildman–Crippen MR) is 50.3 cm³/mol. The van der Waals surface area contributed by atoms with E-state index in [9.17, 15) is 0 Å². The van der Waals surface area contributed by atoms with E-state index in [1.54, 1.807) is 0 Å². The molecule has 0 spiro atoms. The molecular formula is C10H7AlO. The predicted octanol–water partition coefficient (Wildman–Crippen LogP) is 2.30. The molecule has 2 aromatic rings. The molecule has 0 saturated carbocycles. The molecule has 12 heavy (non-hydrogen) atoms. The number of benzene rings is 2. The minimum absolute atomic E-state index is 0.874. The lowest BCUT2D eigenvalue weighted by molar-refractivity contribution is 0.617. The van der Waals surface area contributed by atoms with Gasteiger partial charge in [-0.05, 0) is 22.9 Å². The summed E-state index contributed by atoms with van der Waals surface area (Å²) in [5.74, 6) is 0.874. The Morgan fingerprint density at radius 2 is 1.67 bits per heavy atom. The zero-order valence-electron chi connectivity index (χ0n) is 6.53. The molecule has 0 heterocycles. The van der Waals surface area contributed by atoms with Crippen LogP contribution in [-0.2, 0) is 0 Å². The topological polar surface area (TPSA) is 9.23 Å². The average molecular weight is 170 g/mol. The molecule has 0 unspecified atom stereocenters. The first-order valence-corrected chi connectivity index (χ1v) is 4.23. The molecule has 2 rings (SSSR count). The summed E-state index contributed by atoms with van der Waals surface area (Å²) < 4.78 is 5.04. The summed E-state index contributed by atoms with van der Waals surface area (Å²) in [5, 5.41) is 2.45. The van der Waals surface area contributed by atoms with Crippen LogP contribution in [0, 0.1) is 0 Å². The van der Waals surface area contributed by atoms with Crippen LogP contribution in [0.25, 0.3) is 10.8 Å². The number of fused-ring (bicyclic) bond motifs is 1. The minimum Gasteiger partial charge on any atom is -0.654 e. The molecule has 1 nitrogen and oxygen atoms in total. The van der Waals surface area contributed by atoms with Crippen molar-refractivity contribution in [3.63, 3.8) is 0 Å². The molecule has 0 N–H and O–H groups in total. The van der Waals surface area contributed by atoms with E-state index < -0.39 is 0 Å². The Hall–Kier alpha value is -0.968. The van der Waals surface area contributed by atoms with Gasteiger partial charge < -0.3 is 3.79 Å². The molecule has 2 radical (unpaired) electrons. The zero-order valence-corrected chi connectivity index (χ0v) is 7.68. The van der Waals surface area contributed by atoms with Crippen LogP contribution in [0.2, 0.25) is 0 Å². The summed E-state index contributed by atoms with van der Waals surface area (Å²) >= 11 is 2.24. The SMILES string of the molecule is [Al][O]c1ccc2ccccc2c1. The maximum atomic E-state index is 5.04. The zero-order chi connectivity index (χ0) is 8.39. The van der Waals surface area contributed by atoms with E-state index in [1.807, 2.05) is 24.3 Å². The third-order valence-electron chi connectivity index (χ3n) is 1.86. The summed E-state index contributed by atoms with van der Waals surface area (Å²) in [5.41, 5.74) is 0. The molecule has 2 heteroatoms. The van der Waals surface area contributed by atoms with Gasteiger partial charge >= 0.3 is 16.6 Å². The van der Waals surface area contributed by atoms with Crippen molar-refractivity contribution >= 4 is 27.4 Å². The van der Waals surface area contributed by atoms with Crippen LogP contribution in [0.1, 0.15) is 0 Å². The molecule has 2 aromatic carbocycles. The summed E-state index contributed by atoms with van der Waals surface area (Å²) in [7, 11) is 0. The van der Waals surface area contributed by atoms with Crippen LogP contribution in [0.15, 0.2) is 42.5 Å². The molecule has 0 saturated heterocycles. The van der Waals surface area contributed by atoms with Crippen LogP contribution >= 0.6 is 0 Å². The van der Waals surface area contributed by atoms with Crippen molar-refractivity contribution in [1.82, 2.24) is 0 Å². The lowest BCUT2D eigenvalue weighted by atomic mass is 10.1. The van der Waals surface area contributed by atoms with E-state index >= 15 is 0 Å². The Morgan fingerprint density at radius 3 is 2.42 bits per heavy atom. The third-order valence-corrected chi connectivity index (χ3v) is 2.13. The highest BCUT2D eigenvalue weighted by atomic mass is 27.1. The quantitative estimate of drug-likeness (QED) is 0.596. The van der Waals surface area contributed by atoms with Crippen molar-refractivity contribution < 1.29 is 3.79 Å². The van der Waals surface area contributed by atoms with Crippen molar-refractivity contribution in [2.75, 3.05) is 0 Å². The molecule has 0 aromatic heterocycles. The second kappa shape index (κ2) is 3.18. The van der Waals surface area contributed by atoms with Gasteiger partial charge in [-0.1, -0.05) is 30.3 Å². The second-order valence-electron chi connectivity index (χ2n) is 2.63. The van der Waals surface area contributed by atoms with Crippen molar-refractivity contribution in [3.8, 4) is 5.75 Å². The summed E-state index contributed by atoms with van der Waals surface area (Å²) in [6.07, 6.45) is 0. The third kappa shape index (κ3) is 1.32. The van der Waals surface area contributed by atoms with E-state index in [1.165, 1.54) is 10.8 Å². The van der Waals surface area contributed by atoms with Gasteiger partial charge in [0, 0.05) is 0 Å². The van der Waals surface area contributed by atoms with Gasteiger partial charge in [-0.2, -0.15) is 0 Å². The molecule has 0 atom stereocenters. The lowest BCUT2D eigenvalue weighted by Crippen LogP contribution is -1.83. The van der Waals surface area contributed by atoms with E-state index in [2.05, 4.69) is 34.8 Å². The van der Waals surface area contributed by atoms with E-state index in [-0.39, 0.29) is 0 Å². The largest absolute Gasteiger partial charge is 0.654 e. The molecule has 0 aliphatic heterocycles. The summed E-state index contributed by atoms with van der Waals surface area (Å²) in [6.45, 7) is 0. The van der Waals surface area contributed by atoms with Gasteiger partial charge in [0.15, 0.2) is 0 Å². The number of hydrogen-bond acceptors (Lipinski definition) is 1. The Balaban J connectivity index is 2.67. The Kier molecular flexibility index (Phi) is 2.04. The summed E-state index contributed by atoms with van der Waals surface area (Å²) in [4.78, 5) is 0. The molecule has 0 aliphatic carbocycles. The van der Waals surface area contributed by atoms with E-state index in [0.717, 1.165) is 5.75 Å². The van der Waals surface area contributed by atoms with Gasteiger partial charge in [0.05, 0.1) is 5.75 Å². The van der Waals surface area contributed by atoms with Gasteiger partial charge in [-0.15, -0.1) is 0 Å². The van der Waals surface area contributed by atoms with E-state index in [0.29, 0.717) is 0 Å². The van der Waals surface area contributed by atoms with Crippen LogP contribution in [-0.4, -0.2) is 16.6 Å². The molecule has 0 bridgehead atoms. The molecule has 0 fully saturated rings. The van der Waals surface area contributed by atoms with Gasteiger partial charge in [0.25, 0.3) is 0 Å². The molecule has 0 aliphatic rings. The highest BCUT2D eigenvalue weighted by molar-refractivity contribution is 6.00. The van der Waals surface area contributed by atoms with Gasteiger partial charge in [0.2, 0.25) is 0 Å². The van der Waals surface area contributed by atoms with Gasteiger partial charge in [-0.3, -0.25) is 0 Å². The normalized spacial score (nSPS) is 10.0. The fourth-order valence-corrected chi connectivity index (χ4v) is 1.39. The monoisotopic (exact) mass is 170 g/mol. The standard InChI is InChI=1S/C10H8O.Al/c11-10-6-5-8-3-1-2-4-9(8)7-10;/h1-7,11H;/q;+1/p-1. The Labute approximate surface area is 79.7 Å². The Morgan fingerprint density at radius 1 is 0.917 bits per heavy atom. The highest BCUT2D eigenvalue weighted by Crippen LogP contribution is 2.19. The lowest BCUT2D eigenvalue weighted by Gasteiger charge is -2.03. The maximum Gasteiger partial charge on any atom is 0.482 e. The van der Waals surface area contributed by atoms with Crippen LogP contribution < -0.4 is 3.79 Å². The van der Waals surface area contributed by atoms with Crippen molar-refractivity contribution in [2.45, 2.75) is 0 Å².